The molecule has 0 amide bonds. The maximum absolute atomic E-state index is 10.3. The van der Waals surface area contributed by atoms with E-state index in [9.17, 15) is 4.57 Å². The summed E-state index contributed by atoms with van der Waals surface area (Å²) in [4.78, 5) is 0. The van der Waals surface area contributed by atoms with Gasteiger partial charge in [0.15, 0.2) is 0 Å². The fourth-order valence-electron chi connectivity index (χ4n) is 0.201. The van der Waals surface area contributed by atoms with Crippen LogP contribution in [0.4, 0.5) is 0 Å². The normalized spacial score (nSPS) is 13.3. The van der Waals surface area contributed by atoms with Gasteiger partial charge in [-0.2, -0.15) is 0 Å². The molecule has 0 fully saturated rings. The molecule has 0 aliphatic heterocycles. The van der Waals surface area contributed by atoms with Crippen LogP contribution in [0.1, 0.15) is 6.92 Å². The van der Waals surface area contributed by atoms with Crippen LogP contribution in [0.2, 0.25) is 0 Å². The molecule has 7 heavy (non-hydrogen) atoms. The first-order valence-corrected chi connectivity index (χ1v) is 3.49. The van der Waals surface area contributed by atoms with Crippen molar-refractivity contribution < 1.29 is 9.09 Å². The van der Waals surface area contributed by atoms with Gasteiger partial charge in [-0.1, -0.05) is 6.58 Å². The summed E-state index contributed by atoms with van der Waals surface area (Å²) in [7, 11) is -1.87. The lowest BCUT2D eigenvalue weighted by Crippen LogP contribution is -1.71. The molecule has 0 aromatic heterocycles. The quantitative estimate of drug-likeness (QED) is 0.529. The third-order valence-corrected chi connectivity index (χ3v) is 1.36. The third kappa shape index (κ3) is 3.77. The zero-order valence-electron chi connectivity index (χ0n) is 4.31. The van der Waals surface area contributed by atoms with E-state index in [4.69, 9.17) is 0 Å². The molecule has 2 nitrogen and oxygen atoms in total. The maximum atomic E-state index is 10.3. The smallest absolute Gasteiger partial charge is 0.213 e. The molecule has 0 heterocycles. The van der Waals surface area contributed by atoms with Gasteiger partial charge < -0.3 is 4.52 Å². The van der Waals surface area contributed by atoms with Crippen LogP contribution in [0.3, 0.4) is 0 Å². The average Bonchev–Trinajstić information content (AvgIpc) is 1.68. The second-order valence-corrected chi connectivity index (χ2v) is 2.29. The maximum Gasteiger partial charge on any atom is 0.213 e. The van der Waals surface area contributed by atoms with Crippen LogP contribution < -0.4 is 0 Å². The molecule has 0 saturated heterocycles. The lowest BCUT2D eigenvalue weighted by Gasteiger charge is -1.89. The van der Waals surface area contributed by atoms with E-state index in [0.29, 0.717) is 6.61 Å². The summed E-state index contributed by atoms with van der Waals surface area (Å²) in [6.07, 6.45) is 0. The van der Waals surface area contributed by atoms with Gasteiger partial charge in [0.2, 0.25) is 8.03 Å². The fourth-order valence-corrected chi connectivity index (χ4v) is 0.604. The molecule has 0 radical (unpaired) electrons. The summed E-state index contributed by atoms with van der Waals surface area (Å²) < 4.78 is 14.9. The van der Waals surface area contributed by atoms with E-state index in [0.717, 1.165) is 0 Å². The Morgan fingerprint density at radius 3 is 2.71 bits per heavy atom. The van der Waals surface area contributed by atoms with Gasteiger partial charge in [0.1, 0.15) is 0 Å². The van der Waals surface area contributed by atoms with Crippen molar-refractivity contribution in [1.29, 1.82) is 0 Å². The van der Waals surface area contributed by atoms with Crippen molar-refractivity contribution in [3.05, 3.63) is 12.4 Å². The van der Waals surface area contributed by atoms with Gasteiger partial charge in [-0.05, 0) is 12.7 Å². The zero-order chi connectivity index (χ0) is 5.70. The first-order chi connectivity index (χ1) is 3.31. The number of rotatable bonds is 3. The van der Waals surface area contributed by atoms with Crippen LogP contribution in [0.15, 0.2) is 12.4 Å². The summed E-state index contributed by atoms with van der Waals surface area (Å²) in [5.74, 6) is 1.33. The Morgan fingerprint density at radius 1 is 2.00 bits per heavy atom. The van der Waals surface area contributed by atoms with Gasteiger partial charge in [0.05, 0.1) is 6.61 Å². The molecule has 0 aromatic carbocycles. The molecular formula is C4H9O2P. The van der Waals surface area contributed by atoms with E-state index >= 15 is 0 Å². The molecular weight excluding hydrogens is 111 g/mol. The molecule has 0 N–H and O–H groups in total. The topological polar surface area (TPSA) is 26.3 Å². The molecule has 0 spiro atoms. The van der Waals surface area contributed by atoms with Crippen LogP contribution in [0, 0.1) is 0 Å². The highest BCUT2D eigenvalue weighted by Gasteiger charge is 1.83. The standard InChI is InChI=1S/C4H9O2P/c1-3-6-7(5)4-2/h4,7H,2-3H2,1H3. The van der Waals surface area contributed by atoms with Gasteiger partial charge >= 0.3 is 0 Å². The Balaban J connectivity index is 3.17. The molecule has 0 saturated carbocycles. The largest absolute Gasteiger partial charge is 0.328 e. The minimum absolute atomic E-state index is 0.504. The molecule has 3 heteroatoms. The van der Waals surface area contributed by atoms with E-state index in [1.165, 1.54) is 5.82 Å². The highest BCUT2D eigenvalue weighted by Crippen LogP contribution is 2.20. The SMILES string of the molecule is C=C[PH](=O)OCC. The minimum atomic E-state index is -1.87. The predicted octanol–water partition coefficient (Wildman–Crippen LogP) is 1.64. The lowest BCUT2D eigenvalue weighted by molar-refractivity contribution is 0.356. The van der Waals surface area contributed by atoms with E-state index < -0.39 is 8.03 Å². The van der Waals surface area contributed by atoms with Crippen LogP contribution in [-0.4, -0.2) is 6.61 Å². The predicted molar refractivity (Wildman–Crippen MR) is 30.8 cm³/mol. The van der Waals surface area contributed by atoms with Crippen LogP contribution in [-0.2, 0) is 9.09 Å². The first kappa shape index (κ1) is 6.93. The number of hydrogen-bond acceptors (Lipinski definition) is 2. The van der Waals surface area contributed by atoms with Crippen molar-refractivity contribution in [2.24, 2.45) is 0 Å². The lowest BCUT2D eigenvalue weighted by atomic mass is 10.9. The van der Waals surface area contributed by atoms with E-state index in [2.05, 4.69) is 11.1 Å². The van der Waals surface area contributed by atoms with Crippen molar-refractivity contribution in [1.82, 2.24) is 0 Å². The molecule has 0 bridgehead atoms. The highest BCUT2D eigenvalue weighted by atomic mass is 31.1. The zero-order valence-corrected chi connectivity index (χ0v) is 5.31. The summed E-state index contributed by atoms with van der Waals surface area (Å²) in [6, 6.07) is 0. The van der Waals surface area contributed by atoms with Gasteiger partial charge in [0.25, 0.3) is 0 Å². The Kier molecular flexibility index (Phi) is 4.06. The van der Waals surface area contributed by atoms with Crippen molar-refractivity contribution in [3.8, 4) is 0 Å². The van der Waals surface area contributed by atoms with Crippen molar-refractivity contribution >= 4 is 8.03 Å². The fraction of sp³-hybridized carbons (Fsp3) is 0.500. The Morgan fingerprint density at radius 2 is 2.57 bits per heavy atom. The van der Waals surface area contributed by atoms with Crippen LogP contribution in [0.25, 0.3) is 0 Å². The number of hydrogen-bond donors (Lipinski definition) is 0. The van der Waals surface area contributed by atoms with E-state index in [1.54, 1.807) is 6.92 Å². The van der Waals surface area contributed by atoms with Crippen LogP contribution >= 0.6 is 8.03 Å². The van der Waals surface area contributed by atoms with Crippen molar-refractivity contribution in [2.75, 3.05) is 6.61 Å². The molecule has 42 valence electrons. The molecule has 1 atom stereocenters. The second-order valence-electron chi connectivity index (χ2n) is 0.956. The molecule has 0 aromatic rings. The van der Waals surface area contributed by atoms with Crippen molar-refractivity contribution in [2.45, 2.75) is 6.92 Å². The first-order valence-electron chi connectivity index (χ1n) is 2.10. The van der Waals surface area contributed by atoms with Gasteiger partial charge in [-0.15, -0.1) is 0 Å². The Labute approximate surface area is 44.0 Å². The van der Waals surface area contributed by atoms with Gasteiger partial charge in [0, 0.05) is 0 Å². The van der Waals surface area contributed by atoms with Crippen LogP contribution in [0.5, 0.6) is 0 Å². The highest BCUT2D eigenvalue weighted by molar-refractivity contribution is 7.42. The molecule has 0 aliphatic rings. The summed E-state index contributed by atoms with van der Waals surface area (Å²) in [5, 5.41) is 0. The average molecular weight is 120 g/mol. The van der Waals surface area contributed by atoms with E-state index in [1.807, 2.05) is 0 Å². The minimum Gasteiger partial charge on any atom is -0.328 e. The second kappa shape index (κ2) is 4.10. The van der Waals surface area contributed by atoms with Gasteiger partial charge in [-0.3, -0.25) is 4.57 Å². The molecule has 0 aliphatic carbocycles. The Bertz CT molecular complexity index is 79.8. The molecule has 0 rings (SSSR count). The van der Waals surface area contributed by atoms with Gasteiger partial charge in [-0.25, -0.2) is 0 Å². The van der Waals surface area contributed by atoms with Crippen molar-refractivity contribution in [3.63, 3.8) is 0 Å². The Hall–Kier alpha value is -0.0700. The summed E-state index contributed by atoms with van der Waals surface area (Å²) >= 11 is 0. The third-order valence-electron chi connectivity index (χ3n) is 0.453. The summed E-state index contributed by atoms with van der Waals surface area (Å²) in [5.41, 5.74) is 0. The molecule has 1 unspecified atom stereocenters. The summed E-state index contributed by atoms with van der Waals surface area (Å²) in [6.45, 7) is 5.59. The monoisotopic (exact) mass is 120 g/mol. The van der Waals surface area contributed by atoms with E-state index in [-0.39, 0.29) is 0 Å².